The molecule has 0 aromatic carbocycles. The van der Waals surface area contributed by atoms with Gasteiger partial charge >= 0.3 is 15.7 Å². The van der Waals surface area contributed by atoms with E-state index in [1.807, 2.05) is 0 Å². The highest BCUT2D eigenvalue weighted by Crippen LogP contribution is 2.50. The molecule has 0 fully saturated rings. The molecule has 0 aliphatic rings. The zero-order chi connectivity index (χ0) is 9.50. The highest BCUT2D eigenvalue weighted by Gasteiger charge is 2.69. The first kappa shape index (κ1) is 12.3. The molecule has 0 unspecified atom stereocenters. The Kier molecular flexibility index (Phi) is 3.61. The molecule has 0 bridgehead atoms. The summed E-state index contributed by atoms with van der Waals surface area (Å²) in [5.41, 5.74) is -4.74. The lowest BCUT2D eigenvalue weighted by Crippen LogP contribution is -2.50. The minimum Gasteiger partial charge on any atom is -0.198 e. The Morgan fingerprint density at radius 2 is 1.09 bits per heavy atom. The third kappa shape index (κ3) is 2.63. The summed E-state index contributed by atoms with van der Waals surface area (Å²) in [7, 11) is 0. The lowest BCUT2D eigenvalue weighted by Gasteiger charge is -2.24. The van der Waals surface area contributed by atoms with Gasteiger partial charge in [-0.25, -0.2) is 0 Å². The second kappa shape index (κ2) is 3.22. The monoisotopic (exact) mass is 384 g/mol. The van der Waals surface area contributed by atoms with Crippen molar-refractivity contribution in [3.05, 3.63) is 0 Å². The number of alkyl halides is 5. The highest BCUT2D eigenvalue weighted by molar-refractivity contribution is 9.72. The molecule has 0 saturated heterocycles. The minimum atomic E-state index is -5.53. The number of rotatable bonds is 1. The van der Waals surface area contributed by atoms with Crippen molar-refractivity contribution in [2.45, 2.75) is 11.7 Å². The van der Waals surface area contributed by atoms with Crippen LogP contribution in [0.25, 0.3) is 0 Å². The molecule has 0 saturated carbocycles. The molecule has 0 heterocycles. The molecule has 0 N–H and O–H groups in total. The molecule has 0 aliphatic heterocycles. The van der Waals surface area contributed by atoms with Crippen LogP contribution in [0.2, 0.25) is 0 Å². The van der Waals surface area contributed by atoms with Gasteiger partial charge in [-0.1, -0.05) is 45.9 Å². The average molecular weight is 387 g/mol. The number of hydrogen-bond acceptors (Lipinski definition) is 0. The fraction of sp³-hybridized carbons (Fsp3) is 1.00. The molecule has 9 heteroatoms. The highest BCUT2D eigenvalue weighted by atomic mass is 80.0. The quantitative estimate of drug-likeness (QED) is 0.365. The van der Waals surface area contributed by atoms with Gasteiger partial charge in [0.2, 0.25) is 0 Å². The summed E-state index contributed by atoms with van der Waals surface area (Å²) in [5, 5.41) is 0. The Bertz CT molecular complexity index is 131. The molecule has 0 aromatic heterocycles. The average Bonchev–Trinajstić information content (AvgIpc) is 1.58. The molecule has 11 heavy (non-hydrogen) atoms. The van der Waals surface area contributed by atoms with Crippen LogP contribution in [0, 0.1) is 0 Å². The van der Waals surface area contributed by atoms with E-state index in [2.05, 4.69) is 45.9 Å². The fourth-order valence-electron chi connectivity index (χ4n) is 0.161. The maximum Gasteiger partial charge on any atom is 0.452 e. The summed E-state index contributed by atoms with van der Waals surface area (Å²) in [6.07, 6.45) is -5.53. The van der Waals surface area contributed by atoms with Crippen molar-refractivity contribution < 1.29 is 22.0 Å². The van der Waals surface area contributed by atoms with E-state index in [9.17, 15) is 22.0 Å². The van der Waals surface area contributed by atoms with E-state index < -0.39 is 15.7 Å². The van der Waals surface area contributed by atoms with E-state index in [0.29, 0.717) is 0 Å². The van der Waals surface area contributed by atoms with Gasteiger partial charge in [0.05, 0.1) is 0 Å². The van der Waals surface area contributed by atoms with E-state index >= 15 is 0 Å². The van der Waals surface area contributed by atoms with Gasteiger partial charge in [-0.3, -0.25) is 0 Å². The van der Waals surface area contributed by atoms with Crippen LogP contribution in [0.3, 0.4) is 0 Å². The van der Waals surface area contributed by atoms with Crippen molar-refractivity contribution in [3.63, 3.8) is 0 Å². The van der Waals surface area contributed by atoms with Gasteiger partial charge in [-0.2, -0.15) is 22.0 Å². The largest absolute Gasteiger partial charge is 0.452 e. The zero-order valence-electron chi connectivity index (χ0n) is 4.52. The van der Waals surface area contributed by atoms with Crippen LogP contribution in [0.5, 0.6) is 0 Å². The third-order valence-electron chi connectivity index (χ3n) is 0.712. The SMILES string of the molecule is FC(F)(F)C(F)(F)[Si](Br)(Br)Br. The van der Waals surface area contributed by atoms with E-state index in [-0.39, 0.29) is 0 Å². The van der Waals surface area contributed by atoms with Crippen LogP contribution >= 0.6 is 45.9 Å². The minimum absolute atomic E-state index is 2.24. The van der Waals surface area contributed by atoms with Crippen molar-refractivity contribution in [1.82, 2.24) is 0 Å². The van der Waals surface area contributed by atoms with Crippen LogP contribution in [0.15, 0.2) is 0 Å². The van der Waals surface area contributed by atoms with Crippen molar-refractivity contribution >= 4 is 49.8 Å². The summed E-state index contributed by atoms with van der Waals surface area (Å²) in [5.74, 6) is 0. The van der Waals surface area contributed by atoms with Crippen LogP contribution in [0.4, 0.5) is 22.0 Å². The van der Waals surface area contributed by atoms with Crippen LogP contribution in [0.1, 0.15) is 0 Å². The van der Waals surface area contributed by atoms with Crippen LogP contribution in [-0.4, -0.2) is 15.7 Å². The molecular weight excluding hydrogens is 387 g/mol. The molecule has 0 radical (unpaired) electrons. The summed E-state index contributed by atoms with van der Waals surface area (Å²) in [6, 6.07) is 0. The molecule has 0 amide bonds. The second-order valence-corrected chi connectivity index (χ2v) is 23.5. The lowest BCUT2D eigenvalue weighted by molar-refractivity contribution is -0.243. The first-order chi connectivity index (χ1) is 4.50. The van der Waals surface area contributed by atoms with Crippen molar-refractivity contribution in [1.29, 1.82) is 0 Å². The van der Waals surface area contributed by atoms with Crippen LogP contribution in [-0.2, 0) is 0 Å². The predicted molar refractivity (Wildman–Crippen MR) is 43.5 cm³/mol. The molecule has 68 valence electrons. The summed E-state index contributed by atoms with van der Waals surface area (Å²) >= 11 is 6.71. The van der Waals surface area contributed by atoms with E-state index in [1.54, 1.807) is 0 Å². The van der Waals surface area contributed by atoms with Gasteiger partial charge < -0.3 is 0 Å². The van der Waals surface area contributed by atoms with E-state index in [4.69, 9.17) is 0 Å². The molecule has 0 aliphatic carbocycles. The zero-order valence-corrected chi connectivity index (χ0v) is 10.3. The van der Waals surface area contributed by atoms with Crippen molar-refractivity contribution in [2.75, 3.05) is 0 Å². The van der Waals surface area contributed by atoms with E-state index in [1.165, 1.54) is 0 Å². The van der Waals surface area contributed by atoms with Gasteiger partial charge in [0.15, 0.2) is 0 Å². The molecule has 0 nitrogen and oxygen atoms in total. The first-order valence-corrected chi connectivity index (χ1v) is 10.8. The topological polar surface area (TPSA) is 0 Å². The lowest BCUT2D eigenvalue weighted by atomic mass is 10.7. The molecule has 0 aromatic rings. The Morgan fingerprint density at radius 3 is 1.09 bits per heavy atom. The number of halogens is 8. The van der Waals surface area contributed by atoms with E-state index in [0.717, 1.165) is 0 Å². The van der Waals surface area contributed by atoms with Gasteiger partial charge in [0.1, 0.15) is 0 Å². The summed E-state index contributed by atoms with van der Waals surface area (Å²) < 4.78 is 55.0. The van der Waals surface area contributed by atoms with Gasteiger partial charge in [-0.15, -0.1) is 0 Å². The Morgan fingerprint density at radius 1 is 0.818 bits per heavy atom. The second-order valence-electron chi connectivity index (χ2n) is 1.57. The first-order valence-electron chi connectivity index (χ1n) is 2.01. The maximum absolute atomic E-state index is 12.2. The van der Waals surface area contributed by atoms with Crippen molar-refractivity contribution in [2.24, 2.45) is 0 Å². The van der Waals surface area contributed by atoms with Gasteiger partial charge in [0.25, 0.3) is 0 Å². The summed E-state index contributed by atoms with van der Waals surface area (Å²) in [6.45, 7) is 0. The van der Waals surface area contributed by atoms with Gasteiger partial charge in [-0.05, 0) is 0 Å². The molecule has 0 atom stereocenters. The predicted octanol–water partition coefficient (Wildman–Crippen LogP) is 3.85. The van der Waals surface area contributed by atoms with Gasteiger partial charge in [0, 0.05) is 0 Å². The normalized spacial score (nSPS) is 15.3. The van der Waals surface area contributed by atoms with Crippen molar-refractivity contribution in [3.8, 4) is 0 Å². The third-order valence-corrected chi connectivity index (χ3v) is 6.19. The summed E-state index contributed by atoms with van der Waals surface area (Å²) in [4.78, 5) is 0. The standard InChI is InChI=1S/C2Br3F5Si/c3-11(4,5)2(9,10)1(6,7)8. The maximum atomic E-state index is 12.2. The number of hydrogen-bond donors (Lipinski definition) is 0. The molecule has 0 rings (SSSR count). The Balaban J connectivity index is 4.75. The fourth-order valence-corrected chi connectivity index (χ4v) is 2.51. The molecular formula is C2Br3F5Si. The molecule has 0 spiro atoms. The van der Waals surface area contributed by atoms with Crippen LogP contribution < -0.4 is 0 Å². The smallest absolute Gasteiger partial charge is 0.198 e. The Hall–Kier alpha value is 1.31. The Labute approximate surface area is 83.3 Å².